The lowest BCUT2D eigenvalue weighted by Gasteiger charge is -2.22. The van der Waals surface area contributed by atoms with Gasteiger partial charge in [-0.2, -0.15) is 0 Å². The number of hydrogen-bond acceptors (Lipinski definition) is 4. The lowest BCUT2D eigenvalue weighted by atomic mass is 10.3. The summed E-state index contributed by atoms with van der Waals surface area (Å²) in [5.74, 6) is 0.110. The standard InChI is InChI=1S/C12H26N4OS/c1-14(2)7-5-8-15(3)10-12(17)16(4)9-6-11(13)18/h5-10H2,1-4H3,(H2,13,18). The van der Waals surface area contributed by atoms with Crippen LogP contribution in [0.25, 0.3) is 0 Å². The second-order valence-corrected chi connectivity index (χ2v) is 5.45. The number of thiocarbonyl (C=S) groups is 1. The predicted molar refractivity (Wildman–Crippen MR) is 79.7 cm³/mol. The first-order chi connectivity index (χ1) is 8.32. The summed E-state index contributed by atoms with van der Waals surface area (Å²) in [5, 5.41) is 0. The molecule has 106 valence electrons. The van der Waals surface area contributed by atoms with Crippen LogP contribution in [-0.4, -0.2) is 80.0 Å². The first-order valence-corrected chi connectivity index (χ1v) is 6.59. The molecule has 0 atom stereocenters. The quantitative estimate of drug-likeness (QED) is 0.600. The van der Waals surface area contributed by atoms with Gasteiger partial charge in [0.05, 0.1) is 11.5 Å². The van der Waals surface area contributed by atoms with E-state index >= 15 is 0 Å². The normalized spacial score (nSPS) is 11.0. The fraction of sp³-hybridized carbons (Fsp3) is 0.833. The maximum atomic E-state index is 11.9. The van der Waals surface area contributed by atoms with Gasteiger partial charge >= 0.3 is 0 Å². The van der Waals surface area contributed by atoms with Crippen LogP contribution in [0.2, 0.25) is 0 Å². The van der Waals surface area contributed by atoms with Gasteiger partial charge in [0.1, 0.15) is 0 Å². The molecule has 0 bridgehead atoms. The number of amides is 1. The van der Waals surface area contributed by atoms with E-state index in [1.807, 2.05) is 11.9 Å². The first-order valence-electron chi connectivity index (χ1n) is 6.18. The molecule has 1 amide bonds. The van der Waals surface area contributed by atoms with Crippen LogP contribution in [0.4, 0.5) is 0 Å². The Morgan fingerprint density at radius 3 is 2.22 bits per heavy atom. The van der Waals surface area contributed by atoms with Crippen LogP contribution in [0, 0.1) is 0 Å². The molecule has 0 heterocycles. The SMILES string of the molecule is CN(C)CCCN(C)CC(=O)N(C)CCC(N)=S. The number of rotatable bonds is 9. The molecule has 0 aliphatic carbocycles. The van der Waals surface area contributed by atoms with Crippen molar-refractivity contribution in [3.05, 3.63) is 0 Å². The summed E-state index contributed by atoms with van der Waals surface area (Å²) in [5.41, 5.74) is 5.41. The molecule has 0 rings (SSSR count). The van der Waals surface area contributed by atoms with E-state index < -0.39 is 0 Å². The van der Waals surface area contributed by atoms with Crippen molar-refractivity contribution in [2.45, 2.75) is 12.8 Å². The minimum Gasteiger partial charge on any atom is -0.393 e. The molecule has 6 heteroatoms. The predicted octanol–water partition coefficient (Wildman–Crippen LogP) is 0.00450. The number of carbonyl (C=O) groups is 1. The number of hydrogen-bond donors (Lipinski definition) is 1. The molecular weight excluding hydrogens is 248 g/mol. The van der Waals surface area contributed by atoms with Crippen LogP contribution in [-0.2, 0) is 4.79 Å². The van der Waals surface area contributed by atoms with Gasteiger partial charge in [0.15, 0.2) is 0 Å². The van der Waals surface area contributed by atoms with Crippen molar-refractivity contribution in [2.75, 3.05) is 54.4 Å². The Hall–Kier alpha value is -0.720. The van der Waals surface area contributed by atoms with Gasteiger partial charge in [0.2, 0.25) is 5.91 Å². The molecule has 0 saturated heterocycles. The Kier molecular flexibility index (Phi) is 8.87. The Labute approximate surface area is 116 Å². The van der Waals surface area contributed by atoms with Gasteiger partial charge < -0.3 is 15.5 Å². The summed E-state index contributed by atoms with van der Waals surface area (Å²) in [7, 11) is 7.85. The third-order valence-electron chi connectivity index (χ3n) is 2.67. The molecule has 0 saturated carbocycles. The summed E-state index contributed by atoms with van der Waals surface area (Å²) in [4.78, 5) is 18.2. The molecular formula is C12H26N4OS. The number of carbonyl (C=O) groups excluding carboxylic acids is 1. The molecule has 0 aromatic rings. The van der Waals surface area contributed by atoms with E-state index in [4.69, 9.17) is 18.0 Å². The molecule has 0 aromatic heterocycles. The van der Waals surface area contributed by atoms with E-state index in [1.165, 1.54) is 0 Å². The van der Waals surface area contributed by atoms with Gasteiger partial charge in [0.25, 0.3) is 0 Å². The smallest absolute Gasteiger partial charge is 0.236 e. The van der Waals surface area contributed by atoms with Crippen LogP contribution >= 0.6 is 12.2 Å². The third kappa shape index (κ3) is 9.32. The highest BCUT2D eigenvalue weighted by molar-refractivity contribution is 7.80. The molecule has 0 aliphatic rings. The molecule has 0 aromatic carbocycles. The topological polar surface area (TPSA) is 52.8 Å². The third-order valence-corrected chi connectivity index (χ3v) is 2.87. The maximum Gasteiger partial charge on any atom is 0.236 e. The largest absolute Gasteiger partial charge is 0.393 e. The van der Waals surface area contributed by atoms with E-state index in [9.17, 15) is 4.79 Å². The van der Waals surface area contributed by atoms with Crippen LogP contribution in [0.5, 0.6) is 0 Å². The maximum absolute atomic E-state index is 11.9. The van der Waals surface area contributed by atoms with Crippen molar-refractivity contribution in [3.8, 4) is 0 Å². The minimum atomic E-state index is 0.110. The van der Waals surface area contributed by atoms with E-state index in [1.54, 1.807) is 11.9 Å². The molecule has 0 unspecified atom stereocenters. The lowest BCUT2D eigenvalue weighted by Crippen LogP contribution is -2.38. The second kappa shape index (κ2) is 9.24. The van der Waals surface area contributed by atoms with Gasteiger partial charge in [0, 0.05) is 20.0 Å². The van der Waals surface area contributed by atoms with E-state index in [-0.39, 0.29) is 5.91 Å². The molecule has 5 nitrogen and oxygen atoms in total. The Bertz CT molecular complexity index is 271. The molecule has 0 fully saturated rings. The first kappa shape index (κ1) is 17.3. The second-order valence-electron chi connectivity index (χ2n) is 4.93. The Morgan fingerprint density at radius 1 is 1.11 bits per heavy atom. The Morgan fingerprint density at radius 2 is 1.72 bits per heavy atom. The van der Waals surface area contributed by atoms with Crippen LogP contribution in [0.3, 0.4) is 0 Å². The highest BCUT2D eigenvalue weighted by atomic mass is 32.1. The lowest BCUT2D eigenvalue weighted by molar-refractivity contribution is -0.130. The van der Waals surface area contributed by atoms with Crippen LogP contribution in [0.15, 0.2) is 0 Å². The van der Waals surface area contributed by atoms with Crippen molar-refractivity contribution in [3.63, 3.8) is 0 Å². The summed E-state index contributed by atoms with van der Waals surface area (Å²) in [6, 6.07) is 0. The molecule has 2 N–H and O–H groups in total. The van der Waals surface area contributed by atoms with Crippen molar-refractivity contribution in [2.24, 2.45) is 5.73 Å². The zero-order valence-electron chi connectivity index (χ0n) is 12.0. The van der Waals surface area contributed by atoms with Gasteiger partial charge in [-0.1, -0.05) is 12.2 Å². The van der Waals surface area contributed by atoms with Crippen molar-refractivity contribution in [1.29, 1.82) is 0 Å². The number of nitrogens with zero attached hydrogens (tertiary/aromatic N) is 3. The zero-order chi connectivity index (χ0) is 14.1. The average molecular weight is 274 g/mol. The van der Waals surface area contributed by atoms with E-state index in [0.717, 1.165) is 19.5 Å². The molecule has 18 heavy (non-hydrogen) atoms. The average Bonchev–Trinajstić information content (AvgIpc) is 2.24. The highest BCUT2D eigenvalue weighted by Gasteiger charge is 2.11. The summed E-state index contributed by atoms with van der Waals surface area (Å²) >= 11 is 4.79. The van der Waals surface area contributed by atoms with Gasteiger partial charge in [-0.3, -0.25) is 9.69 Å². The molecule has 0 radical (unpaired) electrons. The van der Waals surface area contributed by atoms with Gasteiger partial charge in [-0.05, 0) is 40.7 Å². The van der Waals surface area contributed by atoms with Crippen molar-refractivity contribution < 1.29 is 4.79 Å². The van der Waals surface area contributed by atoms with E-state index in [0.29, 0.717) is 24.5 Å². The van der Waals surface area contributed by atoms with Crippen molar-refractivity contribution in [1.82, 2.24) is 14.7 Å². The fourth-order valence-electron chi connectivity index (χ4n) is 1.49. The summed E-state index contributed by atoms with van der Waals surface area (Å²) < 4.78 is 0. The fourth-order valence-corrected chi connectivity index (χ4v) is 1.58. The minimum absolute atomic E-state index is 0.110. The number of likely N-dealkylation sites (N-methyl/N-ethyl adjacent to an activating group) is 2. The zero-order valence-corrected chi connectivity index (χ0v) is 12.8. The summed E-state index contributed by atoms with van der Waals surface area (Å²) in [6.45, 7) is 3.00. The van der Waals surface area contributed by atoms with Crippen LogP contribution < -0.4 is 5.73 Å². The van der Waals surface area contributed by atoms with E-state index in [2.05, 4.69) is 19.0 Å². The summed E-state index contributed by atoms with van der Waals surface area (Å²) in [6.07, 6.45) is 1.65. The molecule has 0 aliphatic heterocycles. The van der Waals surface area contributed by atoms with Crippen LogP contribution in [0.1, 0.15) is 12.8 Å². The number of nitrogens with two attached hydrogens (primary N) is 1. The van der Waals surface area contributed by atoms with Crippen molar-refractivity contribution >= 4 is 23.1 Å². The Balaban J connectivity index is 3.81. The van der Waals surface area contributed by atoms with Gasteiger partial charge in [-0.25, -0.2) is 0 Å². The van der Waals surface area contributed by atoms with Gasteiger partial charge in [-0.15, -0.1) is 0 Å². The monoisotopic (exact) mass is 274 g/mol. The highest BCUT2D eigenvalue weighted by Crippen LogP contribution is 1.94. The molecule has 0 spiro atoms.